The Balaban J connectivity index is 1.79. The number of rotatable bonds is 4. The second kappa shape index (κ2) is 6.78. The number of ether oxygens (including phenoxy) is 1. The van der Waals surface area contributed by atoms with Gasteiger partial charge in [-0.15, -0.1) is 0 Å². The molecule has 1 N–H and O–H groups in total. The number of aromatic hydroxyl groups is 1. The highest BCUT2D eigenvalue weighted by atomic mass is 35.5. The summed E-state index contributed by atoms with van der Waals surface area (Å²) in [6, 6.07) is 3.50. The molecule has 2 heterocycles. The normalized spacial score (nSPS) is 15.0. The summed E-state index contributed by atoms with van der Waals surface area (Å²) >= 11 is 6.22. The highest BCUT2D eigenvalue weighted by Gasteiger charge is 2.22. The molecule has 1 aliphatic heterocycles. The summed E-state index contributed by atoms with van der Waals surface area (Å²) in [5.41, 5.74) is 2.44. The van der Waals surface area contributed by atoms with Crippen molar-refractivity contribution in [2.45, 2.75) is 24.7 Å². The molecule has 1 aromatic carbocycles. The number of fused-ring (bicyclic) bond motifs is 1. The van der Waals surface area contributed by atoms with Crippen LogP contribution >= 0.6 is 11.6 Å². The first kappa shape index (κ1) is 17.9. The van der Waals surface area contributed by atoms with Gasteiger partial charge in [0.25, 0.3) is 0 Å². The summed E-state index contributed by atoms with van der Waals surface area (Å²) in [6.07, 6.45) is 3.29. The lowest BCUT2D eigenvalue weighted by Gasteiger charge is -2.28. The number of sulfone groups is 1. The first-order valence-corrected chi connectivity index (χ1v) is 9.88. The molecule has 2 aromatic rings. The number of hydrogen-bond donors (Lipinski definition) is 1. The van der Waals surface area contributed by atoms with Crippen molar-refractivity contribution in [3.63, 3.8) is 0 Å². The molecule has 0 atom stereocenters. The Hall–Kier alpha value is -1.90. The van der Waals surface area contributed by atoms with Crippen molar-refractivity contribution in [2.24, 2.45) is 0 Å². The number of benzene rings is 1. The third-order valence-electron chi connectivity index (χ3n) is 4.10. The summed E-state index contributed by atoms with van der Waals surface area (Å²) in [6.45, 7) is 1.84. The predicted molar refractivity (Wildman–Crippen MR) is 92.6 cm³/mol. The molecule has 0 amide bonds. The Labute approximate surface area is 151 Å². The summed E-state index contributed by atoms with van der Waals surface area (Å²) in [7, 11) is -1.94. The predicted octanol–water partition coefficient (Wildman–Crippen LogP) is 1.81. The molecule has 0 fully saturated rings. The van der Waals surface area contributed by atoms with Crippen LogP contribution in [0.1, 0.15) is 16.8 Å². The second-order valence-corrected chi connectivity index (χ2v) is 8.23. The van der Waals surface area contributed by atoms with Crippen molar-refractivity contribution in [1.82, 2.24) is 14.9 Å². The molecular weight excluding hydrogens is 366 g/mol. The molecule has 0 spiro atoms. The van der Waals surface area contributed by atoms with Gasteiger partial charge in [0, 0.05) is 44.1 Å². The van der Waals surface area contributed by atoms with Gasteiger partial charge in [-0.05, 0) is 11.6 Å². The van der Waals surface area contributed by atoms with Crippen LogP contribution in [0, 0.1) is 0 Å². The van der Waals surface area contributed by atoms with E-state index in [1.165, 1.54) is 7.11 Å². The van der Waals surface area contributed by atoms with E-state index in [-0.39, 0.29) is 15.9 Å². The molecule has 7 nitrogen and oxygen atoms in total. The molecule has 9 heteroatoms. The van der Waals surface area contributed by atoms with E-state index < -0.39 is 9.84 Å². The smallest absolute Gasteiger partial charge is 0.246 e. The molecule has 3 rings (SSSR count). The van der Waals surface area contributed by atoms with Crippen LogP contribution in [0.5, 0.6) is 11.5 Å². The number of halogens is 1. The van der Waals surface area contributed by atoms with Crippen LogP contribution in [-0.4, -0.2) is 48.3 Å². The van der Waals surface area contributed by atoms with Crippen LogP contribution in [0.2, 0.25) is 5.02 Å². The van der Waals surface area contributed by atoms with Crippen LogP contribution in [0.15, 0.2) is 23.5 Å². The van der Waals surface area contributed by atoms with E-state index in [2.05, 4.69) is 14.9 Å². The van der Waals surface area contributed by atoms with E-state index in [1.807, 2.05) is 6.07 Å². The quantitative estimate of drug-likeness (QED) is 0.804. The minimum absolute atomic E-state index is 0.0693. The molecule has 25 heavy (non-hydrogen) atoms. The number of nitrogens with zero attached hydrogens (tertiary/aromatic N) is 3. The third-order valence-corrected chi connectivity index (χ3v) is 5.38. The van der Waals surface area contributed by atoms with E-state index in [0.717, 1.165) is 23.1 Å². The lowest BCUT2D eigenvalue weighted by atomic mass is 10.1. The molecule has 0 aliphatic carbocycles. The maximum atomic E-state index is 11.6. The van der Waals surface area contributed by atoms with Crippen molar-refractivity contribution in [1.29, 1.82) is 0 Å². The van der Waals surface area contributed by atoms with E-state index >= 15 is 0 Å². The summed E-state index contributed by atoms with van der Waals surface area (Å²) < 4.78 is 28.2. The van der Waals surface area contributed by atoms with Crippen molar-refractivity contribution in [2.75, 3.05) is 19.9 Å². The third kappa shape index (κ3) is 3.70. The average Bonchev–Trinajstić information content (AvgIpc) is 2.58. The average molecular weight is 384 g/mol. The highest BCUT2D eigenvalue weighted by Crippen LogP contribution is 2.37. The zero-order valence-electron chi connectivity index (χ0n) is 13.9. The number of aromatic nitrogens is 2. The fraction of sp³-hybridized carbons (Fsp3) is 0.375. The van der Waals surface area contributed by atoms with Gasteiger partial charge in [-0.3, -0.25) is 4.90 Å². The Kier molecular flexibility index (Phi) is 4.86. The molecule has 0 radical (unpaired) electrons. The fourth-order valence-electron chi connectivity index (χ4n) is 2.79. The minimum Gasteiger partial charge on any atom is -0.503 e. The monoisotopic (exact) mass is 383 g/mol. The molecule has 0 bridgehead atoms. The van der Waals surface area contributed by atoms with Crippen LogP contribution < -0.4 is 4.74 Å². The minimum atomic E-state index is -3.41. The maximum Gasteiger partial charge on any atom is 0.246 e. The van der Waals surface area contributed by atoms with Gasteiger partial charge < -0.3 is 9.84 Å². The summed E-state index contributed by atoms with van der Waals surface area (Å²) in [5.74, 6) is 0.264. The van der Waals surface area contributed by atoms with Crippen molar-refractivity contribution in [3.8, 4) is 11.5 Å². The van der Waals surface area contributed by atoms with E-state index in [9.17, 15) is 13.5 Å². The van der Waals surface area contributed by atoms with E-state index in [1.54, 1.807) is 12.3 Å². The SMILES string of the molecule is COc1ccc(CN2CCc3nc(S(C)(=O)=O)ncc3C2)c(Cl)c1O. The molecule has 0 saturated carbocycles. The van der Waals surface area contributed by atoms with Gasteiger partial charge in [0.05, 0.1) is 17.8 Å². The molecular formula is C16H18ClN3O4S. The maximum absolute atomic E-state index is 11.6. The fourth-order valence-corrected chi connectivity index (χ4v) is 3.52. The number of hydrogen-bond acceptors (Lipinski definition) is 7. The van der Waals surface area contributed by atoms with E-state index in [4.69, 9.17) is 16.3 Å². The van der Waals surface area contributed by atoms with Gasteiger partial charge in [0.2, 0.25) is 15.0 Å². The highest BCUT2D eigenvalue weighted by molar-refractivity contribution is 7.90. The van der Waals surface area contributed by atoms with Gasteiger partial charge >= 0.3 is 0 Å². The van der Waals surface area contributed by atoms with Crippen LogP contribution in [-0.2, 0) is 29.3 Å². The van der Waals surface area contributed by atoms with Crippen molar-refractivity contribution in [3.05, 3.63) is 40.2 Å². The van der Waals surface area contributed by atoms with Crippen molar-refractivity contribution >= 4 is 21.4 Å². The first-order valence-electron chi connectivity index (χ1n) is 7.61. The van der Waals surface area contributed by atoms with E-state index in [0.29, 0.717) is 31.8 Å². The lowest BCUT2D eigenvalue weighted by molar-refractivity contribution is 0.241. The largest absolute Gasteiger partial charge is 0.503 e. The Bertz CT molecular complexity index is 918. The molecule has 1 aromatic heterocycles. The van der Waals surface area contributed by atoms with Crippen LogP contribution in [0.4, 0.5) is 0 Å². The molecule has 1 aliphatic rings. The van der Waals surface area contributed by atoms with Crippen LogP contribution in [0.25, 0.3) is 0 Å². The number of methoxy groups -OCH3 is 1. The Morgan fingerprint density at radius 2 is 2.16 bits per heavy atom. The van der Waals surface area contributed by atoms with Gasteiger partial charge in [-0.25, -0.2) is 18.4 Å². The van der Waals surface area contributed by atoms with Gasteiger partial charge in [-0.2, -0.15) is 0 Å². The van der Waals surface area contributed by atoms with Crippen LogP contribution in [0.3, 0.4) is 0 Å². The summed E-state index contributed by atoms with van der Waals surface area (Å²) in [4.78, 5) is 10.3. The van der Waals surface area contributed by atoms with Gasteiger partial charge in [0.15, 0.2) is 11.5 Å². The molecule has 0 unspecified atom stereocenters. The zero-order valence-corrected chi connectivity index (χ0v) is 15.4. The van der Waals surface area contributed by atoms with Crippen molar-refractivity contribution < 1.29 is 18.3 Å². The number of phenolic OH excluding ortho intramolecular Hbond substituents is 1. The topological polar surface area (TPSA) is 92.6 Å². The number of phenols is 1. The van der Waals surface area contributed by atoms with Gasteiger partial charge in [-0.1, -0.05) is 17.7 Å². The zero-order chi connectivity index (χ0) is 18.2. The lowest BCUT2D eigenvalue weighted by Crippen LogP contribution is -2.31. The van der Waals surface area contributed by atoms with Gasteiger partial charge in [0.1, 0.15) is 0 Å². The summed E-state index contributed by atoms with van der Waals surface area (Å²) in [5, 5.41) is 10.2. The standard InChI is InChI=1S/C16H18ClN3O4S/c1-24-13-4-3-10(14(17)15(13)21)8-20-6-5-12-11(9-20)7-18-16(19-12)25(2,22)23/h3-4,7,21H,5-6,8-9H2,1-2H3. The Morgan fingerprint density at radius 3 is 2.84 bits per heavy atom. The molecule has 134 valence electrons. The Morgan fingerprint density at radius 1 is 1.40 bits per heavy atom. The first-order chi connectivity index (χ1) is 11.8. The molecule has 0 saturated heterocycles. The second-order valence-electron chi connectivity index (χ2n) is 5.95.